The monoisotopic (exact) mass is 261 g/mol. The molecule has 1 aromatic rings. The van der Waals surface area contributed by atoms with Crippen LogP contribution < -0.4 is 5.32 Å². The summed E-state index contributed by atoms with van der Waals surface area (Å²) < 4.78 is 0. The lowest BCUT2D eigenvalue weighted by molar-refractivity contribution is 0.104. The molecule has 2 N–H and O–H groups in total. The Labute approximate surface area is 117 Å². The second kappa shape index (κ2) is 6.06. The van der Waals surface area contributed by atoms with Gasteiger partial charge in [-0.1, -0.05) is 36.2 Å². The van der Waals surface area contributed by atoms with E-state index in [4.69, 9.17) is 0 Å². The quantitative estimate of drug-likeness (QED) is 0.871. The van der Waals surface area contributed by atoms with Crippen LogP contribution in [0.4, 0.5) is 0 Å². The second-order valence-corrected chi connectivity index (χ2v) is 6.47. The first kappa shape index (κ1) is 14.5. The molecule has 0 unspecified atom stereocenters. The zero-order valence-corrected chi connectivity index (χ0v) is 12.5. The summed E-state index contributed by atoms with van der Waals surface area (Å²) in [7, 11) is 0. The molecule has 0 spiro atoms. The van der Waals surface area contributed by atoms with Crippen LogP contribution in [0.15, 0.2) is 18.2 Å². The van der Waals surface area contributed by atoms with Gasteiger partial charge in [0.05, 0.1) is 6.61 Å². The van der Waals surface area contributed by atoms with Crippen molar-refractivity contribution >= 4 is 0 Å². The molecule has 1 fully saturated rings. The van der Waals surface area contributed by atoms with Crippen molar-refractivity contribution in [3.63, 3.8) is 0 Å². The van der Waals surface area contributed by atoms with Gasteiger partial charge < -0.3 is 10.4 Å². The van der Waals surface area contributed by atoms with Crippen molar-refractivity contribution in [3.05, 3.63) is 34.9 Å². The fourth-order valence-electron chi connectivity index (χ4n) is 3.17. The van der Waals surface area contributed by atoms with Crippen molar-refractivity contribution in [2.24, 2.45) is 5.92 Å². The molecule has 0 atom stereocenters. The van der Waals surface area contributed by atoms with E-state index < -0.39 is 0 Å². The van der Waals surface area contributed by atoms with Crippen LogP contribution >= 0.6 is 0 Å². The molecular formula is C17H27NO. The standard InChI is InChI=1S/C17H27NO/c1-13-4-6-17(12-19,7-5-13)18-11-16-9-14(2)8-15(3)10-16/h8-10,13,18-19H,4-7,11-12H2,1-3H3. The number of hydrogen-bond acceptors (Lipinski definition) is 2. The third-order valence-electron chi connectivity index (χ3n) is 4.48. The lowest BCUT2D eigenvalue weighted by Gasteiger charge is -2.39. The number of hydrogen-bond donors (Lipinski definition) is 2. The minimum Gasteiger partial charge on any atom is -0.394 e. The molecule has 1 aliphatic rings. The predicted molar refractivity (Wildman–Crippen MR) is 80.2 cm³/mol. The number of aliphatic hydroxyl groups is 1. The topological polar surface area (TPSA) is 32.3 Å². The summed E-state index contributed by atoms with van der Waals surface area (Å²) in [5.41, 5.74) is 3.90. The summed E-state index contributed by atoms with van der Waals surface area (Å²) in [6.07, 6.45) is 4.63. The normalized spacial score (nSPS) is 27.5. The molecule has 1 aliphatic carbocycles. The number of benzene rings is 1. The molecule has 106 valence electrons. The molecule has 0 amide bonds. The Balaban J connectivity index is 1.99. The molecule has 1 saturated carbocycles. The molecule has 2 heteroatoms. The average Bonchev–Trinajstić information content (AvgIpc) is 2.38. The highest BCUT2D eigenvalue weighted by molar-refractivity contribution is 5.28. The van der Waals surface area contributed by atoms with Crippen molar-refractivity contribution in [1.82, 2.24) is 5.32 Å². The molecule has 19 heavy (non-hydrogen) atoms. The first-order valence-electron chi connectivity index (χ1n) is 7.46. The second-order valence-electron chi connectivity index (χ2n) is 6.47. The van der Waals surface area contributed by atoms with Gasteiger partial charge in [0.25, 0.3) is 0 Å². The maximum absolute atomic E-state index is 9.75. The van der Waals surface area contributed by atoms with E-state index in [1.54, 1.807) is 0 Å². The maximum Gasteiger partial charge on any atom is 0.0613 e. The van der Waals surface area contributed by atoms with E-state index in [1.807, 2.05) is 0 Å². The lowest BCUT2D eigenvalue weighted by Crippen LogP contribution is -2.50. The highest BCUT2D eigenvalue weighted by Crippen LogP contribution is 2.31. The summed E-state index contributed by atoms with van der Waals surface area (Å²) in [5.74, 6) is 0.808. The van der Waals surface area contributed by atoms with E-state index in [2.05, 4.69) is 44.3 Å². The van der Waals surface area contributed by atoms with E-state index in [0.717, 1.165) is 25.3 Å². The van der Waals surface area contributed by atoms with Gasteiger partial charge in [-0.2, -0.15) is 0 Å². The van der Waals surface area contributed by atoms with Gasteiger partial charge in [0.1, 0.15) is 0 Å². The Morgan fingerprint density at radius 1 is 1.16 bits per heavy atom. The minimum absolute atomic E-state index is 0.0514. The molecule has 0 aromatic heterocycles. The van der Waals surface area contributed by atoms with Gasteiger partial charge in [0, 0.05) is 12.1 Å². The van der Waals surface area contributed by atoms with Crippen molar-refractivity contribution in [1.29, 1.82) is 0 Å². The number of nitrogens with one attached hydrogen (secondary N) is 1. The molecule has 0 aliphatic heterocycles. The molecule has 0 radical (unpaired) electrons. The number of rotatable bonds is 4. The Kier molecular flexibility index (Phi) is 4.64. The first-order valence-corrected chi connectivity index (χ1v) is 7.46. The maximum atomic E-state index is 9.75. The predicted octanol–water partition coefficient (Wildman–Crippen LogP) is 3.33. The Hall–Kier alpha value is -0.860. The summed E-state index contributed by atoms with van der Waals surface area (Å²) in [6, 6.07) is 6.67. The lowest BCUT2D eigenvalue weighted by atomic mass is 9.77. The summed E-state index contributed by atoms with van der Waals surface area (Å²) >= 11 is 0. The van der Waals surface area contributed by atoms with Crippen LogP contribution in [0.5, 0.6) is 0 Å². The van der Waals surface area contributed by atoms with Crippen LogP contribution in [-0.4, -0.2) is 17.3 Å². The van der Waals surface area contributed by atoms with Crippen LogP contribution in [0.25, 0.3) is 0 Å². The number of aliphatic hydroxyl groups excluding tert-OH is 1. The van der Waals surface area contributed by atoms with E-state index in [9.17, 15) is 5.11 Å². The smallest absolute Gasteiger partial charge is 0.0613 e. The van der Waals surface area contributed by atoms with Gasteiger partial charge in [0.2, 0.25) is 0 Å². The van der Waals surface area contributed by atoms with E-state index in [-0.39, 0.29) is 12.1 Å². The van der Waals surface area contributed by atoms with Gasteiger partial charge in [0.15, 0.2) is 0 Å². The molecule has 2 rings (SSSR count). The van der Waals surface area contributed by atoms with Crippen LogP contribution in [0.3, 0.4) is 0 Å². The van der Waals surface area contributed by atoms with Crippen molar-refractivity contribution in [2.75, 3.05) is 6.61 Å². The fraction of sp³-hybridized carbons (Fsp3) is 0.647. The van der Waals surface area contributed by atoms with Crippen LogP contribution in [0.1, 0.15) is 49.3 Å². The van der Waals surface area contributed by atoms with Gasteiger partial charge in [-0.05, 0) is 51.0 Å². The van der Waals surface area contributed by atoms with E-state index in [1.165, 1.54) is 29.5 Å². The van der Waals surface area contributed by atoms with Crippen molar-refractivity contribution < 1.29 is 5.11 Å². The van der Waals surface area contributed by atoms with Gasteiger partial charge >= 0.3 is 0 Å². The van der Waals surface area contributed by atoms with Crippen LogP contribution in [0.2, 0.25) is 0 Å². The van der Waals surface area contributed by atoms with Gasteiger partial charge in [-0.25, -0.2) is 0 Å². The molecule has 0 heterocycles. The number of aryl methyl sites for hydroxylation is 2. The average molecular weight is 261 g/mol. The Morgan fingerprint density at radius 3 is 2.26 bits per heavy atom. The first-order chi connectivity index (χ1) is 9.03. The molecular weight excluding hydrogens is 234 g/mol. The van der Waals surface area contributed by atoms with Crippen LogP contribution in [0, 0.1) is 19.8 Å². The third kappa shape index (κ3) is 3.80. The summed E-state index contributed by atoms with van der Waals surface area (Å²) in [6.45, 7) is 7.70. The molecule has 2 nitrogen and oxygen atoms in total. The third-order valence-corrected chi connectivity index (χ3v) is 4.48. The summed E-state index contributed by atoms with van der Waals surface area (Å²) in [4.78, 5) is 0. The molecule has 0 bridgehead atoms. The zero-order chi connectivity index (χ0) is 13.9. The van der Waals surface area contributed by atoms with Gasteiger partial charge in [-0.15, -0.1) is 0 Å². The van der Waals surface area contributed by atoms with Crippen molar-refractivity contribution in [3.8, 4) is 0 Å². The minimum atomic E-state index is -0.0514. The van der Waals surface area contributed by atoms with E-state index in [0.29, 0.717) is 0 Å². The Bertz CT molecular complexity index is 399. The van der Waals surface area contributed by atoms with E-state index >= 15 is 0 Å². The molecule has 1 aromatic carbocycles. The zero-order valence-electron chi connectivity index (χ0n) is 12.5. The summed E-state index contributed by atoms with van der Waals surface area (Å²) in [5, 5.41) is 13.4. The highest BCUT2D eigenvalue weighted by atomic mass is 16.3. The van der Waals surface area contributed by atoms with Gasteiger partial charge in [-0.3, -0.25) is 0 Å². The molecule has 0 saturated heterocycles. The largest absolute Gasteiger partial charge is 0.394 e. The SMILES string of the molecule is Cc1cc(C)cc(CNC2(CO)CCC(C)CC2)c1. The fourth-order valence-corrected chi connectivity index (χ4v) is 3.17. The van der Waals surface area contributed by atoms with Crippen LogP contribution in [-0.2, 0) is 6.54 Å². The Morgan fingerprint density at radius 2 is 1.74 bits per heavy atom. The highest BCUT2D eigenvalue weighted by Gasteiger charge is 2.32. The van der Waals surface area contributed by atoms with Crippen molar-refractivity contribution in [2.45, 2.75) is 58.5 Å².